The molecule has 0 aliphatic carbocycles. The Morgan fingerprint density at radius 3 is 2.46 bits per heavy atom. The first-order chi connectivity index (χ1) is 13.2. The highest BCUT2D eigenvalue weighted by Crippen LogP contribution is 2.40. The normalized spacial score (nSPS) is 12.4. The number of aryl methyl sites for hydroxylation is 3. The van der Waals surface area contributed by atoms with Crippen LogP contribution < -0.4 is 0 Å². The van der Waals surface area contributed by atoms with Crippen molar-refractivity contribution in [1.29, 1.82) is 0 Å². The minimum absolute atomic E-state index is 0.144. The first-order valence-electron chi connectivity index (χ1n) is 9.54. The van der Waals surface area contributed by atoms with Crippen molar-refractivity contribution in [3.05, 3.63) is 63.9 Å². The molecule has 28 heavy (non-hydrogen) atoms. The van der Waals surface area contributed by atoms with Gasteiger partial charge in [-0.15, -0.1) is 22.7 Å². The van der Waals surface area contributed by atoms with Crippen LogP contribution in [0.4, 0.5) is 0 Å². The summed E-state index contributed by atoms with van der Waals surface area (Å²) in [7, 11) is 0. The van der Waals surface area contributed by atoms with Crippen LogP contribution in [-0.4, -0.2) is 0 Å². The molecule has 146 valence electrons. The lowest BCUT2D eigenvalue weighted by Gasteiger charge is -2.28. The molecule has 0 fully saturated rings. The number of halogens is 2. The van der Waals surface area contributed by atoms with Crippen LogP contribution in [0, 0.1) is 27.9 Å². The van der Waals surface area contributed by atoms with E-state index < -0.39 is 0 Å². The standard InChI is InChI=1S/C24H24I2S2/c1-13-10-18-21(28-13)11-16(14(2)22(18)26)6-8-24(4,5)19-12-20(25)15(3)23-17(19)7-9-27-23/h7,9-12H,6,8H2,1-5H3. The van der Waals surface area contributed by atoms with Crippen molar-refractivity contribution in [2.24, 2.45) is 0 Å². The van der Waals surface area contributed by atoms with E-state index in [0.29, 0.717) is 0 Å². The topological polar surface area (TPSA) is 0 Å². The van der Waals surface area contributed by atoms with Crippen LogP contribution in [0.3, 0.4) is 0 Å². The van der Waals surface area contributed by atoms with Crippen LogP contribution in [-0.2, 0) is 11.8 Å². The van der Waals surface area contributed by atoms with Gasteiger partial charge in [-0.2, -0.15) is 0 Å². The Hall–Kier alpha value is -0.180. The van der Waals surface area contributed by atoms with E-state index in [2.05, 4.69) is 109 Å². The zero-order valence-electron chi connectivity index (χ0n) is 16.9. The molecule has 2 aromatic carbocycles. The fourth-order valence-electron chi connectivity index (χ4n) is 4.05. The first kappa shape index (κ1) is 21.1. The van der Waals surface area contributed by atoms with E-state index in [4.69, 9.17) is 0 Å². The molecule has 0 unspecified atom stereocenters. The van der Waals surface area contributed by atoms with Crippen molar-refractivity contribution in [3.8, 4) is 0 Å². The van der Waals surface area contributed by atoms with Crippen LogP contribution in [0.2, 0.25) is 0 Å². The van der Waals surface area contributed by atoms with Crippen LogP contribution in [0.15, 0.2) is 29.6 Å². The summed E-state index contributed by atoms with van der Waals surface area (Å²) < 4.78 is 5.70. The molecule has 0 saturated carbocycles. The van der Waals surface area contributed by atoms with Gasteiger partial charge in [-0.3, -0.25) is 0 Å². The molecule has 4 rings (SSSR count). The van der Waals surface area contributed by atoms with Gasteiger partial charge < -0.3 is 0 Å². The maximum absolute atomic E-state index is 2.54. The SMILES string of the molecule is Cc1cc2c(I)c(C)c(CCC(C)(C)c3cc(I)c(C)c4sccc34)cc2s1. The molecular weight excluding hydrogens is 606 g/mol. The lowest BCUT2D eigenvalue weighted by atomic mass is 9.77. The average Bonchev–Trinajstić information content (AvgIpc) is 3.26. The molecule has 2 heterocycles. The maximum atomic E-state index is 2.54. The average molecular weight is 630 g/mol. The molecule has 0 amide bonds. The molecular formula is C24H24I2S2. The van der Waals surface area contributed by atoms with Gasteiger partial charge in [0.05, 0.1) is 0 Å². The summed E-state index contributed by atoms with van der Waals surface area (Å²) in [5, 5.41) is 5.12. The lowest BCUT2D eigenvalue weighted by molar-refractivity contribution is 0.483. The van der Waals surface area contributed by atoms with E-state index in [1.807, 2.05) is 22.7 Å². The number of benzene rings is 2. The second-order valence-corrected chi connectivity index (χ2v) is 12.8. The second kappa shape index (κ2) is 7.82. The van der Waals surface area contributed by atoms with Crippen molar-refractivity contribution in [2.45, 2.75) is 52.9 Å². The van der Waals surface area contributed by atoms with E-state index in [-0.39, 0.29) is 5.41 Å². The molecule has 2 aromatic heterocycles. The van der Waals surface area contributed by atoms with E-state index in [1.165, 1.54) is 54.4 Å². The van der Waals surface area contributed by atoms with Crippen molar-refractivity contribution < 1.29 is 0 Å². The molecule has 0 N–H and O–H groups in total. The largest absolute Gasteiger partial charge is 0.143 e. The predicted molar refractivity (Wildman–Crippen MR) is 145 cm³/mol. The molecule has 0 atom stereocenters. The highest BCUT2D eigenvalue weighted by atomic mass is 127. The Balaban J connectivity index is 1.70. The minimum atomic E-state index is 0.144. The van der Waals surface area contributed by atoms with E-state index in [1.54, 1.807) is 0 Å². The third kappa shape index (κ3) is 3.67. The Kier molecular flexibility index (Phi) is 5.88. The first-order valence-corrected chi connectivity index (χ1v) is 13.4. The van der Waals surface area contributed by atoms with E-state index >= 15 is 0 Å². The summed E-state index contributed by atoms with van der Waals surface area (Å²) >= 11 is 8.84. The van der Waals surface area contributed by atoms with E-state index in [0.717, 1.165) is 12.8 Å². The van der Waals surface area contributed by atoms with Crippen molar-refractivity contribution in [3.63, 3.8) is 0 Å². The fourth-order valence-corrected chi connectivity index (χ4v) is 7.72. The lowest BCUT2D eigenvalue weighted by Crippen LogP contribution is -2.19. The molecule has 0 bridgehead atoms. The fraction of sp³-hybridized carbons (Fsp3) is 0.333. The summed E-state index contributed by atoms with van der Waals surface area (Å²) in [6.45, 7) is 11.6. The summed E-state index contributed by atoms with van der Waals surface area (Å²) in [6, 6.07) is 9.52. The summed E-state index contributed by atoms with van der Waals surface area (Å²) in [6.07, 6.45) is 2.28. The van der Waals surface area contributed by atoms with Crippen LogP contribution in [0.25, 0.3) is 20.2 Å². The van der Waals surface area contributed by atoms with Gasteiger partial charge in [-0.05, 0) is 141 Å². The summed E-state index contributed by atoms with van der Waals surface area (Å²) in [5.74, 6) is 0. The number of fused-ring (bicyclic) bond motifs is 2. The van der Waals surface area contributed by atoms with Crippen LogP contribution in [0.1, 0.15) is 47.4 Å². The van der Waals surface area contributed by atoms with Crippen LogP contribution in [0.5, 0.6) is 0 Å². The molecule has 0 aliphatic rings. The number of hydrogen-bond donors (Lipinski definition) is 0. The maximum Gasteiger partial charge on any atom is 0.0385 e. The van der Waals surface area contributed by atoms with Gasteiger partial charge in [0.15, 0.2) is 0 Å². The Morgan fingerprint density at radius 1 is 0.964 bits per heavy atom. The number of hydrogen-bond acceptors (Lipinski definition) is 2. The third-order valence-corrected chi connectivity index (χ3v) is 10.5. The molecule has 0 aliphatic heterocycles. The molecule has 4 aromatic rings. The van der Waals surface area contributed by atoms with Gasteiger partial charge in [-0.25, -0.2) is 0 Å². The number of rotatable bonds is 4. The molecule has 0 saturated heterocycles. The Labute approximate surface area is 203 Å². The van der Waals surface area contributed by atoms with Gasteiger partial charge >= 0.3 is 0 Å². The summed E-state index contributed by atoms with van der Waals surface area (Å²) in [4.78, 5) is 1.40. The van der Waals surface area contributed by atoms with Crippen molar-refractivity contribution in [2.75, 3.05) is 0 Å². The zero-order chi connectivity index (χ0) is 20.2. The Morgan fingerprint density at radius 2 is 1.71 bits per heavy atom. The van der Waals surface area contributed by atoms with Gasteiger partial charge in [0.25, 0.3) is 0 Å². The minimum Gasteiger partial charge on any atom is -0.143 e. The Bertz CT molecular complexity index is 1190. The monoisotopic (exact) mass is 630 g/mol. The smallest absolute Gasteiger partial charge is 0.0385 e. The highest BCUT2D eigenvalue weighted by Gasteiger charge is 2.25. The van der Waals surface area contributed by atoms with Crippen molar-refractivity contribution in [1.82, 2.24) is 0 Å². The molecule has 4 heteroatoms. The van der Waals surface area contributed by atoms with Gasteiger partial charge in [0, 0.05) is 26.8 Å². The van der Waals surface area contributed by atoms with Gasteiger partial charge in [0.2, 0.25) is 0 Å². The molecule has 0 nitrogen and oxygen atoms in total. The molecule has 0 spiro atoms. The van der Waals surface area contributed by atoms with Gasteiger partial charge in [-0.1, -0.05) is 13.8 Å². The van der Waals surface area contributed by atoms with Crippen LogP contribution >= 0.6 is 67.9 Å². The van der Waals surface area contributed by atoms with E-state index in [9.17, 15) is 0 Å². The molecule has 0 radical (unpaired) electrons. The highest BCUT2D eigenvalue weighted by molar-refractivity contribution is 14.1. The quantitative estimate of drug-likeness (QED) is 0.197. The zero-order valence-corrected chi connectivity index (χ0v) is 22.8. The number of thiophene rings is 2. The predicted octanol–water partition coefficient (Wildman–Crippen LogP) is 9.16. The summed E-state index contributed by atoms with van der Waals surface area (Å²) in [5.41, 5.74) is 6.04. The van der Waals surface area contributed by atoms with Crippen molar-refractivity contribution >= 4 is 88.0 Å². The second-order valence-electron chi connectivity index (χ2n) is 8.32. The van der Waals surface area contributed by atoms with Gasteiger partial charge in [0.1, 0.15) is 0 Å². The third-order valence-electron chi connectivity index (χ3n) is 5.91.